The number of hydrogen-bond acceptors (Lipinski definition) is 3. The number of benzene rings is 2. The number of rotatable bonds is 6. The van der Waals surface area contributed by atoms with Crippen LogP contribution in [-0.4, -0.2) is 14.1 Å². The molecule has 0 amide bonds. The molecule has 0 atom stereocenters. The van der Waals surface area contributed by atoms with Crippen molar-refractivity contribution in [2.45, 2.75) is 26.4 Å². The smallest absolute Gasteiger partial charge is 0.190 e. The highest BCUT2D eigenvalue weighted by atomic mass is 35.5. The lowest BCUT2D eigenvalue weighted by Gasteiger charge is -2.10. The maximum atomic E-state index is 13.8. The summed E-state index contributed by atoms with van der Waals surface area (Å²) in [5.74, 6) is -0.463. The van der Waals surface area contributed by atoms with Gasteiger partial charge in [-0.2, -0.15) is 0 Å². The van der Waals surface area contributed by atoms with Crippen molar-refractivity contribution in [3.63, 3.8) is 0 Å². The molecule has 0 aliphatic carbocycles. The van der Waals surface area contributed by atoms with Gasteiger partial charge in [0.15, 0.2) is 4.80 Å². The SMILES string of the molecule is Cc1ccc(-c2csc(=Nc3ccc(Cl)c(F)c3)n2CCCn2ccnc2)cc1. The van der Waals surface area contributed by atoms with E-state index < -0.39 is 5.82 Å². The highest BCUT2D eigenvalue weighted by Gasteiger charge is 2.09. The normalized spacial score (nSPS) is 11.9. The monoisotopic (exact) mass is 426 g/mol. The van der Waals surface area contributed by atoms with E-state index in [1.54, 1.807) is 23.6 Å². The van der Waals surface area contributed by atoms with Crippen LogP contribution in [0.5, 0.6) is 0 Å². The van der Waals surface area contributed by atoms with Crippen LogP contribution in [0.1, 0.15) is 12.0 Å². The standard InChI is InChI=1S/C22H20ClFN4S/c1-16-3-5-17(6-4-16)21-14-29-22(26-18-7-8-19(23)20(24)13-18)28(21)11-2-10-27-12-9-25-15-27/h3-9,12-15H,2,10-11H2,1H3. The van der Waals surface area contributed by atoms with Gasteiger partial charge in [0.25, 0.3) is 0 Å². The van der Waals surface area contributed by atoms with Gasteiger partial charge in [-0.1, -0.05) is 41.4 Å². The summed E-state index contributed by atoms with van der Waals surface area (Å²) in [5.41, 5.74) is 4.01. The molecule has 4 rings (SSSR count). The summed E-state index contributed by atoms with van der Waals surface area (Å²) in [5, 5.41) is 2.20. The number of hydrogen-bond donors (Lipinski definition) is 0. The molecule has 0 aliphatic rings. The Balaban J connectivity index is 1.70. The van der Waals surface area contributed by atoms with E-state index in [4.69, 9.17) is 11.6 Å². The van der Waals surface area contributed by atoms with Crippen molar-refractivity contribution in [1.29, 1.82) is 0 Å². The van der Waals surface area contributed by atoms with E-state index in [1.807, 2.05) is 12.5 Å². The Morgan fingerprint density at radius 3 is 2.69 bits per heavy atom. The first-order valence-corrected chi connectivity index (χ1v) is 10.6. The average molecular weight is 427 g/mol. The van der Waals surface area contributed by atoms with Gasteiger partial charge >= 0.3 is 0 Å². The third kappa shape index (κ3) is 4.66. The molecule has 148 valence electrons. The fourth-order valence-electron chi connectivity index (χ4n) is 3.09. The minimum atomic E-state index is -0.463. The van der Waals surface area contributed by atoms with Gasteiger partial charge in [0.1, 0.15) is 5.82 Å². The van der Waals surface area contributed by atoms with Crippen molar-refractivity contribution in [2.75, 3.05) is 0 Å². The summed E-state index contributed by atoms with van der Waals surface area (Å²) in [6.07, 6.45) is 6.49. The van der Waals surface area contributed by atoms with Crippen LogP contribution in [-0.2, 0) is 13.1 Å². The van der Waals surface area contributed by atoms with E-state index in [1.165, 1.54) is 17.7 Å². The predicted octanol–water partition coefficient (Wildman–Crippen LogP) is 5.84. The lowest BCUT2D eigenvalue weighted by Crippen LogP contribution is -2.17. The van der Waals surface area contributed by atoms with Crippen molar-refractivity contribution in [2.24, 2.45) is 4.99 Å². The Morgan fingerprint density at radius 1 is 1.14 bits per heavy atom. The number of halogens is 2. The average Bonchev–Trinajstić information content (AvgIpc) is 3.36. The first-order valence-electron chi connectivity index (χ1n) is 9.31. The van der Waals surface area contributed by atoms with Gasteiger partial charge in [-0.25, -0.2) is 14.4 Å². The molecule has 0 unspecified atom stereocenters. The van der Waals surface area contributed by atoms with Gasteiger partial charge in [0.2, 0.25) is 0 Å². The van der Waals surface area contributed by atoms with Gasteiger partial charge < -0.3 is 9.13 Å². The molecule has 4 aromatic rings. The second kappa shape index (κ2) is 8.76. The van der Waals surface area contributed by atoms with E-state index in [-0.39, 0.29) is 5.02 Å². The number of aryl methyl sites for hydroxylation is 2. The van der Waals surface area contributed by atoms with Crippen molar-refractivity contribution < 1.29 is 4.39 Å². The molecule has 0 aliphatic heterocycles. The molecular formula is C22H20ClFN4S. The topological polar surface area (TPSA) is 35.1 Å². The second-order valence-corrected chi connectivity index (χ2v) is 8.03. The van der Waals surface area contributed by atoms with Crippen LogP contribution >= 0.6 is 22.9 Å². The van der Waals surface area contributed by atoms with E-state index in [2.05, 4.69) is 55.7 Å². The van der Waals surface area contributed by atoms with Crippen molar-refractivity contribution in [1.82, 2.24) is 14.1 Å². The number of thiazole rings is 1. The van der Waals surface area contributed by atoms with Crippen molar-refractivity contribution in [3.8, 4) is 11.3 Å². The minimum Gasteiger partial charge on any atom is -0.337 e. The summed E-state index contributed by atoms with van der Waals surface area (Å²) in [4.78, 5) is 9.61. The molecule has 4 nitrogen and oxygen atoms in total. The molecule has 2 aromatic carbocycles. The highest BCUT2D eigenvalue weighted by Crippen LogP contribution is 2.23. The van der Waals surface area contributed by atoms with Crippen LogP contribution in [0.2, 0.25) is 5.02 Å². The maximum absolute atomic E-state index is 13.8. The van der Waals surface area contributed by atoms with Gasteiger partial charge in [-0.05, 0) is 31.0 Å². The van der Waals surface area contributed by atoms with Gasteiger partial charge in [0, 0.05) is 36.9 Å². The Hall–Kier alpha value is -2.70. The predicted molar refractivity (Wildman–Crippen MR) is 116 cm³/mol. The largest absolute Gasteiger partial charge is 0.337 e. The fraction of sp³-hybridized carbons (Fsp3) is 0.182. The maximum Gasteiger partial charge on any atom is 0.190 e. The van der Waals surface area contributed by atoms with Crippen LogP contribution in [0.4, 0.5) is 10.1 Å². The lowest BCUT2D eigenvalue weighted by molar-refractivity contribution is 0.559. The summed E-state index contributed by atoms with van der Waals surface area (Å²) >= 11 is 7.35. The molecule has 2 aromatic heterocycles. The van der Waals surface area contributed by atoms with Crippen molar-refractivity contribution >= 4 is 28.6 Å². The Labute approximate surface area is 177 Å². The Bertz CT molecular complexity index is 1160. The van der Waals surface area contributed by atoms with E-state index in [0.717, 1.165) is 35.6 Å². The van der Waals surface area contributed by atoms with Crippen LogP contribution in [0.3, 0.4) is 0 Å². The van der Waals surface area contributed by atoms with E-state index in [0.29, 0.717) is 5.69 Å². The third-order valence-corrected chi connectivity index (χ3v) is 5.80. The van der Waals surface area contributed by atoms with E-state index >= 15 is 0 Å². The van der Waals surface area contributed by atoms with Crippen LogP contribution in [0.25, 0.3) is 11.3 Å². The van der Waals surface area contributed by atoms with Gasteiger partial charge in [-0.3, -0.25) is 0 Å². The Morgan fingerprint density at radius 2 is 1.97 bits per heavy atom. The molecule has 0 bridgehead atoms. The summed E-state index contributed by atoms with van der Waals surface area (Å²) in [6, 6.07) is 13.1. The molecule has 0 fully saturated rings. The lowest BCUT2D eigenvalue weighted by atomic mass is 10.1. The molecule has 7 heteroatoms. The molecule has 0 radical (unpaired) electrons. The highest BCUT2D eigenvalue weighted by molar-refractivity contribution is 7.07. The Kier molecular flexibility index (Phi) is 5.92. The molecule has 0 spiro atoms. The number of nitrogens with zero attached hydrogens (tertiary/aromatic N) is 4. The van der Waals surface area contributed by atoms with Gasteiger partial charge in [-0.15, -0.1) is 11.3 Å². The molecule has 2 heterocycles. The van der Waals surface area contributed by atoms with Crippen LogP contribution in [0, 0.1) is 12.7 Å². The zero-order chi connectivity index (χ0) is 20.2. The number of aromatic nitrogens is 3. The molecule has 29 heavy (non-hydrogen) atoms. The molecular weight excluding hydrogens is 407 g/mol. The fourth-order valence-corrected chi connectivity index (χ4v) is 4.16. The molecule has 0 N–H and O–H groups in total. The quantitative estimate of drug-likeness (QED) is 0.381. The summed E-state index contributed by atoms with van der Waals surface area (Å²) in [6.45, 7) is 3.73. The third-order valence-electron chi connectivity index (χ3n) is 4.63. The van der Waals surface area contributed by atoms with Crippen LogP contribution < -0.4 is 4.80 Å². The minimum absolute atomic E-state index is 0.101. The molecule has 0 saturated heterocycles. The first-order chi connectivity index (χ1) is 14.1. The second-order valence-electron chi connectivity index (χ2n) is 6.79. The van der Waals surface area contributed by atoms with E-state index in [9.17, 15) is 4.39 Å². The van der Waals surface area contributed by atoms with Crippen LogP contribution in [0.15, 0.2) is 71.6 Å². The molecule has 0 saturated carbocycles. The number of imidazole rings is 1. The van der Waals surface area contributed by atoms with Crippen molar-refractivity contribution in [3.05, 3.63) is 87.8 Å². The summed E-state index contributed by atoms with van der Waals surface area (Å²) in [7, 11) is 0. The zero-order valence-corrected chi connectivity index (χ0v) is 17.5. The summed E-state index contributed by atoms with van der Waals surface area (Å²) < 4.78 is 18.1. The first kappa shape index (κ1) is 19.6. The zero-order valence-electron chi connectivity index (χ0n) is 15.9. The van der Waals surface area contributed by atoms with Gasteiger partial charge in [0.05, 0.1) is 22.7 Å².